The zero-order valence-corrected chi connectivity index (χ0v) is 24.6. The molecule has 0 saturated heterocycles. The van der Waals surface area contributed by atoms with Crippen molar-refractivity contribution in [3.05, 3.63) is 71.6 Å². The van der Waals surface area contributed by atoms with E-state index in [2.05, 4.69) is 16.0 Å². The Hall–Kier alpha value is -3.66. The van der Waals surface area contributed by atoms with Crippen LogP contribution in [0.4, 0.5) is 0 Å². The molecular formula is C30H41N3O6S. The molecule has 0 radical (unpaired) electrons. The number of carbonyl (C=O) groups excluding carboxylic acids is 3. The standard InChI is InChI=1S/C30H41N3O6S/c1-20(2)17-27(31-22(5)34)30(37)33-28(18-21(3)4)29(36)32-24(19-23-11-13-25(35)14-12-23)15-16-40(38,39)26-9-7-6-8-10-26/h6-16,20-21,24,27-28,35H,17-19H2,1-5H3,(H,31,34)(H,32,36)(H,33,37). The van der Waals surface area contributed by atoms with Crippen molar-refractivity contribution in [2.24, 2.45) is 11.8 Å². The minimum atomic E-state index is -3.76. The maximum Gasteiger partial charge on any atom is 0.243 e. The summed E-state index contributed by atoms with van der Waals surface area (Å²) >= 11 is 0. The van der Waals surface area contributed by atoms with Gasteiger partial charge in [-0.25, -0.2) is 8.42 Å². The van der Waals surface area contributed by atoms with Crippen LogP contribution in [-0.2, 0) is 30.6 Å². The highest BCUT2D eigenvalue weighted by molar-refractivity contribution is 7.94. The third kappa shape index (κ3) is 11.2. The van der Waals surface area contributed by atoms with Gasteiger partial charge in [0.05, 0.1) is 10.9 Å². The van der Waals surface area contributed by atoms with Crippen LogP contribution in [0.1, 0.15) is 53.0 Å². The Morgan fingerprint density at radius 3 is 1.85 bits per heavy atom. The van der Waals surface area contributed by atoms with Gasteiger partial charge in [-0.15, -0.1) is 0 Å². The molecule has 40 heavy (non-hydrogen) atoms. The van der Waals surface area contributed by atoms with E-state index in [1.54, 1.807) is 30.3 Å². The summed E-state index contributed by atoms with van der Waals surface area (Å²) in [6, 6.07) is 11.9. The van der Waals surface area contributed by atoms with Gasteiger partial charge in [0, 0.05) is 12.3 Å². The number of phenols is 1. The monoisotopic (exact) mass is 571 g/mol. The van der Waals surface area contributed by atoms with Gasteiger partial charge in [0.15, 0.2) is 9.84 Å². The zero-order valence-electron chi connectivity index (χ0n) is 23.8. The Labute approximate surface area is 237 Å². The average Bonchev–Trinajstić information content (AvgIpc) is 2.87. The van der Waals surface area contributed by atoms with E-state index in [4.69, 9.17) is 0 Å². The predicted molar refractivity (Wildman–Crippen MR) is 155 cm³/mol. The van der Waals surface area contributed by atoms with Crippen molar-refractivity contribution in [1.29, 1.82) is 0 Å². The zero-order chi connectivity index (χ0) is 29.9. The highest BCUT2D eigenvalue weighted by Gasteiger charge is 2.28. The van der Waals surface area contributed by atoms with E-state index in [9.17, 15) is 27.9 Å². The van der Waals surface area contributed by atoms with Gasteiger partial charge in [-0.05, 0) is 60.9 Å². The first-order valence-electron chi connectivity index (χ1n) is 13.4. The molecule has 0 fully saturated rings. The number of nitrogens with one attached hydrogen (secondary N) is 3. The number of sulfone groups is 1. The molecule has 0 bridgehead atoms. The van der Waals surface area contributed by atoms with Crippen molar-refractivity contribution < 1.29 is 27.9 Å². The van der Waals surface area contributed by atoms with E-state index >= 15 is 0 Å². The summed E-state index contributed by atoms with van der Waals surface area (Å²) in [5, 5.41) is 19.0. The molecule has 9 nitrogen and oxygen atoms in total. The van der Waals surface area contributed by atoms with Gasteiger partial charge in [-0.1, -0.05) is 64.1 Å². The first-order valence-corrected chi connectivity index (χ1v) is 15.0. The number of amides is 3. The van der Waals surface area contributed by atoms with Gasteiger partial charge in [-0.2, -0.15) is 0 Å². The van der Waals surface area contributed by atoms with Crippen LogP contribution in [0.2, 0.25) is 0 Å². The number of aromatic hydroxyl groups is 1. The first kappa shape index (κ1) is 32.6. The molecule has 2 rings (SSSR count). The molecule has 4 N–H and O–H groups in total. The molecule has 0 heterocycles. The van der Waals surface area contributed by atoms with E-state index in [1.807, 2.05) is 27.7 Å². The molecule has 0 aliphatic heterocycles. The summed E-state index contributed by atoms with van der Waals surface area (Å²) in [7, 11) is -3.76. The largest absolute Gasteiger partial charge is 0.508 e. The summed E-state index contributed by atoms with van der Waals surface area (Å²) < 4.78 is 25.7. The van der Waals surface area contributed by atoms with Crippen LogP contribution in [0.5, 0.6) is 5.75 Å². The minimum Gasteiger partial charge on any atom is -0.508 e. The summed E-state index contributed by atoms with van der Waals surface area (Å²) in [6.45, 7) is 9.05. The van der Waals surface area contributed by atoms with Gasteiger partial charge in [0.1, 0.15) is 17.8 Å². The van der Waals surface area contributed by atoms with Gasteiger partial charge in [0.2, 0.25) is 17.7 Å². The number of hydrogen-bond donors (Lipinski definition) is 4. The molecule has 3 amide bonds. The van der Waals surface area contributed by atoms with Crippen LogP contribution in [0.3, 0.4) is 0 Å². The van der Waals surface area contributed by atoms with Crippen LogP contribution in [-0.4, -0.2) is 49.4 Å². The van der Waals surface area contributed by atoms with Crippen molar-refractivity contribution >= 4 is 27.6 Å². The molecule has 0 aliphatic carbocycles. The van der Waals surface area contributed by atoms with Crippen molar-refractivity contribution in [1.82, 2.24) is 16.0 Å². The molecule has 0 aromatic heterocycles. The lowest BCUT2D eigenvalue weighted by molar-refractivity contribution is -0.132. The fourth-order valence-electron chi connectivity index (χ4n) is 4.15. The third-order valence-electron chi connectivity index (χ3n) is 6.02. The SMILES string of the molecule is CC(=O)NC(CC(C)C)C(=O)NC(CC(C)C)C(=O)NC(C=CS(=O)(=O)c1ccccc1)Cc1ccc(O)cc1. The normalized spacial score (nSPS) is 14.1. The van der Waals surface area contributed by atoms with E-state index < -0.39 is 39.8 Å². The van der Waals surface area contributed by atoms with Crippen molar-refractivity contribution in [3.63, 3.8) is 0 Å². The second kappa shape index (κ2) is 15.2. The van der Waals surface area contributed by atoms with Crippen molar-refractivity contribution in [3.8, 4) is 5.75 Å². The van der Waals surface area contributed by atoms with Crippen LogP contribution >= 0.6 is 0 Å². The molecule has 3 atom stereocenters. The number of benzene rings is 2. The van der Waals surface area contributed by atoms with Crippen LogP contribution in [0.15, 0.2) is 71.0 Å². The quantitative estimate of drug-likeness (QED) is 0.274. The fourth-order valence-corrected chi connectivity index (χ4v) is 5.24. The lowest BCUT2D eigenvalue weighted by Gasteiger charge is -2.26. The van der Waals surface area contributed by atoms with Gasteiger partial charge in [0.25, 0.3) is 0 Å². The molecule has 2 aromatic rings. The highest BCUT2D eigenvalue weighted by Crippen LogP contribution is 2.16. The topological polar surface area (TPSA) is 142 Å². The van der Waals surface area contributed by atoms with Crippen LogP contribution < -0.4 is 16.0 Å². The molecule has 2 aromatic carbocycles. The number of hydrogen-bond acceptors (Lipinski definition) is 6. The van der Waals surface area contributed by atoms with E-state index in [0.717, 1.165) is 11.0 Å². The highest BCUT2D eigenvalue weighted by atomic mass is 32.2. The van der Waals surface area contributed by atoms with Gasteiger partial charge in [-0.3, -0.25) is 14.4 Å². The maximum atomic E-state index is 13.5. The Bertz CT molecular complexity index is 1260. The lowest BCUT2D eigenvalue weighted by Crippen LogP contribution is -2.55. The first-order chi connectivity index (χ1) is 18.8. The molecule has 0 saturated carbocycles. The number of carbonyl (C=O) groups is 3. The third-order valence-corrected chi connectivity index (χ3v) is 7.47. The van der Waals surface area contributed by atoms with Crippen molar-refractivity contribution in [2.75, 3.05) is 0 Å². The summed E-state index contributed by atoms with van der Waals surface area (Å²) in [4.78, 5) is 38.4. The number of rotatable bonds is 14. The molecule has 3 unspecified atom stereocenters. The van der Waals surface area contributed by atoms with Crippen molar-refractivity contribution in [2.45, 2.75) is 76.9 Å². The molecular weight excluding hydrogens is 530 g/mol. The molecule has 10 heteroatoms. The molecule has 218 valence electrons. The summed E-state index contributed by atoms with van der Waals surface area (Å²) in [6.07, 6.45) is 2.41. The number of phenolic OH excluding ortho intramolecular Hbond substituents is 1. The maximum absolute atomic E-state index is 13.5. The van der Waals surface area contributed by atoms with Gasteiger partial charge < -0.3 is 21.1 Å². The second-order valence-electron chi connectivity index (χ2n) is 10.7. The Morgan fingerprint density at radius 2 is 1.32 bits per heavy atom. The Morgan fingerprint density at radius 1 is 0.800 bits per heavy atom. The van der Waals surface area contributed by atoms with Crippen LogP contribution in [0.25, 0.3) is 0 Å². The molecule has 0 spiro atoms. The predicted octanol–water partition coefficient (Wildman–Crippen LogP) is 3.49. The molecule has 0 aliphatic rings. The van der Waals surface area contributed by atoms with E-state index in [1.165, 1.54) is 37.3 Å². The second-order valence-corrected chi connectivity index (χ2v) is 12.6. The Kier molecular flexibility index (Phi) is 12.4. The smallest absolute Gasteiger partial charge is 0.243 e. The Balaban J connectivity index is 2.31. The fraction of sp³-hybridized carbons (Fsp3) is 0.433. The van der Waals surface area contributed by atoms with E-state index in [0.29, 0.717) is 12.8 Å². The average molecular weight is 572 g/mol. The summed E-state index contributed by atoms with van der Waals surface area (Å²) in [5.74, 6) is -0.997. The van der Waals surface area contributed by atoms with E-state index in [-0.39, 0.29) is 34.8 Å². The lowest BCUT2D eigenvalue weighted by atomic mass is 9.99. The minimum absolute atomic E-state index is 0.0601. The van der Waals surface area contributed by atoms with Crippen LogP contribution in [0, 0.1) is 11.8 Å². The summed E-state index contributed by atoms with van der Waals surface area (Å²) in [5.41, 5.74) is 0.761. The van der Waals surface area contributed by atoms with Gasteiger partial charge >= 0.3 is 0 Å².